The Bertz CT molecular complexity index is 616. The molecule has 1 saturated heterocycles. The third-order valence-electron chi connectivity index (χ3n) is 3.73. The van der Waals surface area contributed by atoms with Gasteiger partial charge in [0.15, 0.2) is 0 Å². The van der Waals surface area contributed by atoms with Crippen molar-refractivity contribution in [1.29, 1.82) is 0 Å². The number of nitrogens with two attached hydrogens (primary N) is 1. The minimum Gasteiger partial charge on any atom is -0.368 e. The van der Waals surface area contributed by atoms with E-state index in [-0.39, 0.29) is 24.8 Å². The van der Waals surface area contributed by atoms with Crippen LogP contribution in [-0.4, -0.2) is 54.8 Å². The standard InChI is InChI=1S/C17H22N4O3/c18-15(22)12-20-16(23)11-14-17(24)19-8-10-21(14)9-4-7-13-5-2-1-3-6-13/h1-7,14H,8-12H2,(H2,18,22)(H,19,24)(H,20,23)/b7-4+. The second-order valence-corrected chi connectivity index (χ2v) is 5.56. The van der Waals surface area contributed by atoms with Gasteiger partial charge in [0.2, 0.25) is 17.7 Å². The van der Waals surface area contributed by atoms with E-state index < -0.39 is 11.9 Å². The molecule has 0 radical (unpaired) electrons. The molecule has 7 nitrogen and oxygen atoms in total. The Labute approximate surface area is 140 Å². The maximum absolute atomic E-state index is 12.1. The predicted molar refractivity (Wildman–Crippen MR) is 90.7 cm³/mol. The van der Waals surface area contributed by atoms with Gasteiger partial charge >= 0.3 is 0 Å². The van der Waals surface area contributed by atoms with Gasteiger partial charge < -0.3 is 16.4 Å². The first-order chi connectivity index (χ1) is 11.6. The molecular weight excluding hydrogens is 308 g/mol. The van der Waals surface area contributed by atoms with Crippen molar-refractivity contribution in [2.24, 2.45) is 5.73 Å². The number of nitrogens with zero attached hydrogens (tertiary/aromatic N) is 1. The monoisotopic (exact) mass is 330 g/mol. The van der Waals surface area contributed by atoms with E-state index >= 15 is 0 Å². The largest absolute Gasteiger partial charge is 0.368 e. The maximum atomic E-state index is 12.1. The molecule has 1 unspecified atom stereocenters. The van der Waals surface area contributed by atoms with Gasteiger partial charge in [0.05, 0.1) is 19.0 Å². The lowest BCUT2D eigenvalue weighted by molar-refractivity contribution is -0.133. The summed E-state index contributed by atoms with van der Waals surface area (Å²) in [4.78, 5) is 36.6. The number of piperazine rings is 1. The second kappa shape index (κ2) is 8.83. The Kier molecular flexibility index (Phi) is 6.51. The van der Waals surface area contributed by atoms with Crippen LogP contribution in [0.25, 0.3) is 6.08 Å². The van der Waals surface area contributed by atoms with Crippen LogP contribution in [0.3, 0.4) is 0 Å². The zero-order valence-electron chi connectivity index (χ0n) is 13.4. The fraction of sp³-hybridized carbons (Fsp3) is 0.353. The third kappa shape index (κ3) is 5.51. The summed E-state index contributed by atoms with van der Waals surface area (Å²) in [5.74, 6) is -1.16. The summed E-state index contributed by atoms with van der Waals surface area (Å²) in [6.07, 6.45) is 3.96. The lowest BCUT2D eigenvalue weighted by Crippen LogP contribution is -2.56. The highest BCUT2D eigenvalue weighted by molar-refractivity contribution is 5.90. The van der Waals surface area contributed by atoms with Crippen LogP contribution in [0.4, 0.5) is 0 Å². The number of nitrogens with one attached hydrogen (secondary N) is 2. The number of carbonyl (C=O) groups is 3. The summed E-state index contributed by atoms with van der Waals surface area (Å²) < 4.78 is 0. The predicted octanol–water partition coefficient (Wildman–Crippen LogP) is -0.508. The van der Waals surface area contributed by atoms with Gasteiger partial charge in [0, 0.05) is 19.6 Å². The van der Waals surface area contributed by atoms with Crippen LogP contribution in [0.2, 0.25) is 0 Å². The first-order valence-corrected chi connectivity index (χ1v) is 7.84. The van der Waals surface area contributed by atoms with Gasteiger partial charge in [-0.1, -0.05) is 42.5 Å². The van der Waals surface area contributed by atoms with Crippen molar-refractivity contribution in [2.75, 3.05) is 26.2 Å². The molecule has 24 heavy (non-hydrogen) atoms. The number of carbonyl (C=O) groups excluding carboxylic acids is 3. The summed E-state index contributed by atoms with van der Waals surface area (Å²) >= 11 is 0. The molecule has 1 aromatic carbocycles. The van der Waals surface area contributed by atoms with Crippen LogP contribution >= 0.6 is 0 Å². The number of benzene rings is 1. The normalized spacial score (nSPS) is 18.3. The lowest BCUT2D eigenvalue weighted by atomic mass is 10.1. The molecule has 7 heteroatoms. The van der Waals surface area contributed by atoms with Crippen molar-refractivity contribution in [3.63, 3.8) is 0 Å². The molecule has 2 rings (SSSR count). The van der Waals surface area contributed by atoms with E-state index in [1.165, 1.54) is 0 Å². The molecule has 3 amide bonds. The molecule has 0 bridgehead atoms. The number of rotatable bonds is 7. The molecule has 0 saturated carbocycles. The average molecular weight is 330 g/mol. The third-order valence-corrected chi connectivity index (χ3v) is 3.73. The van der Waals surface area contributed by atoms with Crippen molar-refractivity contribution >= 4 is 23.8 Å². The van der Waals surface area contributed by atoms with E-state index in [1.807, 2.05) is 47.4 Å². The van der Waals surface area contributed by atoms with Crippen molar-refractivity contribution in [3.05, 3.63) is 42.0 Å². The summed E-state index contributed by atoms with van der Waals surface area (Å²) in [5, 5.41) is 5.18. The van der Waals surface area contributed by atoms with E-state index in [0.717, 1.165) is 5.56 Å². The quantitative estimate of drug-likeness (QED) is 0.626. The Balaban J connectivity index is 1.93. The van der Waals surface area contributed by atoms with Crippen LogP contribution < -0.4 is 16.4 Å². The Morgan fingerprint density at radius 2 is 2.08 bits per heavy atom. The van der Waals surface area contributed by atoms with Crippen LogP contribution in [0.1, 0.15) is 12.0 Å². The number of amides is 3. The zero-order chi connectivity index (χ0) is 17.4. The molecule has 1 fully saturated rings. The van der Waals surface area contributed by atoms with Gasteiger partial charge in [-0.05, 0) is 5.56 Å². The highest BCUT2D eigenvalue weighted by Crippen LogP contribution is 2.10. The van der Waals surface area contributed by atoms with E-state index in [0.29, 0.717) is 19.6 Å². The van der Waals surface area contributed by atoms with Gasteiger partial charge in [0.25, 0.3) is 0 Å². The van der Waals surface area contributed by atoms with Crippen molar-refractivity contribution in [2.45, 2.75) is 12.5 Å². The number of hydrogen-bond acceptors (Lipinski definition) is 4. The number of hydrogen-bond donors (Lipinski definition) is 3. The molecule has 1 aliphatic heterocycles. The fourth-order valence-electron chi connectivity index (χ4n) is 2.52. The Morgan fingerprint density at radius 1 is 1.33 bits per heavy atom. The van der Waals surface area contributed by atoms with E-state index in [4.69, 9.17) is 5.73 Å². The molecule has 1 aliphatic rings. The van der Waals surface area contributed by atoms with Gasteiger partial charge in [-0.2, -0.15) is 0 Å². The SMILES string of the molecule is NC(=O)CNC(=O)CC1C(=O)NCCN1C/C=C/c1ccccc1. The summed E-state index contributed by atoms with van der Waals surface area (Å²) in [6.45, 7) is 1.56. The molecule has 4 N–H and O–H groups in total. The smallest absolute Gasteiger partial charge is 0.237 e. The van der Waals surface area contributed by atoms with Gasteiger partial charge in [-0.3, -0.25) is 19.3 Å². The molecule has 1 aromatic rings. The van der Waals surface area contributed by atoms with Crippen molar-refractivity contribution in [1.82, 2.24) is 15.5 Å². The van der Waals surface area contributed by atoms with E-state index in [2.05, 4.69) is 10.6 Å². The molecule has 0 aromatic heterocycles. The maximum Gasteiger partial charge on any atom is 0.237 e. The summed E-state index contributed by atoms with van der Waals surface area (Å²) in [7, 11) is 0. The highest BCUT2D eigenvalue weighted by atomic mass is 16.2. The van der Waals surface area contributed by atoms with E-state index in [1.54, 1.807) is 0 Å². The fourth-order valence-corrected chi connectivity index (χ4v) is 2.52. The Morgan fingerprint density at radius 3 is 2.79 bits per heavy atom. The van der Waals surface area contributed by atoms with E-state index in [9.17, 15) is 14.4 Å². The molecule has 0 aliphatic carbocycles. The minimum atomic E-state index is -0.612. The molecule has 0 spiro atoms. The average Bonchev–Trinajstić information content (AvgIpc) is 2.57. The van der Waals surface area contributed by atoms with Crippen LogP contribution in [-0.2, 0) is 14.4 Å². The molecule has 1 heterocycles. The Hall–Kier alpha value is -2.67. The molecular formula is C17H22N4O3. The first-order valence-electron chi connectivity index (χ1n) is 7.84. The number of primary amides is 1. The lowest BCUT2D eigenvalue weighted by Gasteiger charge is -2.33. The van der Waals surface area contributed by atoms with Gasteiger partial charge in [-0.15, -0.1) is 0 Å². The molecule has 1 atom stereocenters. The molecule has 128 valence electrons. The minimum absolute atomic E-state index is 0.00170. The topological polar surface area (TPSA) is 105 Å². The van der Waals surface area contributed by atoms with Crippen LogP contribution in [0.15, 0.2) is 36.4 Å². The van der Waals surface area contributed by atoms with Crippen LogP contribution in [0, 0.1) is 0 Å². The summed E-state index contributed by atoms with van der Waals surface area (Å²) in [6, 6.07) is 9.31. The second-order valence-electron chi connectivity index (χ2n) is 5.56. The zero-order valence-corrected chi connectivity index (χ0v) is 13.4. The van der Waals surface area contributed by atoms with Gasteiger partial charge in [-0.25, -0.2) is 0 Å². The highest BCUT2D eigenvalue weighted by Gasteiger charge is 2.30. The van der Waals surface area contributed by atoms with Crippen LogP contribution in [0.5, 0.6) is 0 Å². The first kappa shape index (κ1) is 17.7. The van der Waals surface area contributed by atoms with Crippen molar-refractivity contribution in [3.8, 4) is 0 Å². The van der Waals surface area contributed by atoms with Gasteiger partial charge in [0.1, 0.15) is 0 Å². The summed E-state index contributed by atoms with van der Waals surface area (Å²) in [5.41, 5.74) is 6.08. The van der Waals surface area contributed by atoms with Crippen molar-refractivity contribution < 1.29 is 14.4 Å².